The van der Waals surface area contributed by atoms with Crippen molar-refractivity contribution in [3.05, 3.63) is 48.7 Å². The van der Waals surface area contributed by atoms with Crippen LogP contribution in [0.1, 0.15) is 6.92 Å². The third-order valence-corrected chi connectivity index (χ3v) is 3.82. The van der Waals surface area contributed by atoms with E-state index in [-0.39, 0.29) is 18.5 Å². The fourth-order valence-corrected chi connectivity index (χ4v) is 2.65. The SMILES string of the molecule is CCOc1ccc(N2CCN(CC(=O)Nc3ccccn3)C2=O)cc1. The van der Waals surface area contributed by atoms with Crippen LogP contribution in [0.2, 0.25) is 0 Å². The summed E-state index contributed by atoms with van der Waals surface area (Å²) >= 11 is 0. The molecular formula is C18H20N4O3. The quantitative estimate of drug-likeness (QED) is 0.876. The van der Waals surface area contributed by atoms with E-state index in [1.807, 2.05) is 31.2 Å². The molecule has 0 atom stereocenters. The van der Waals surface area contributed by atoms with E-state index >= 15 is 0 Å². The van der Waals surface area contributed by atoms with Crippen molar-refractivity contribution in [1.82, 2.24) is 9.88 Å². The molecule has 0 unspecified atom stereocenters. The summed E-state index contributed by atoms with van der Waals surface area (Å²) in [6, 6.07) is 12.5. The van der Waals surface area contributed by atoms with Gasteiger partial charge < -0.3 is 15.0 Å². The van der Waals surface area contributed by atoms with Crippen molar-refractivity contribution >= 4 is 23.4 Å². The zero-order valence-electron chi connectivity index (χ0n) is 14.0. The van der Waals surface area contributed by atoms with E-state index in [2.05, 4.69) is 10.3 Å². The highest BCUT2D eigenvalue weighted by atomic mass is 16.5. The lowest BCUT2D eigenvalue weighted by Crippen LogP contribution is -2.37. The number of amides is 3. The molecule has 1 aliphatic heterocycles. The number of rotatable bonds is 6. The Morgan fingerprint density at radius 3 is 2.68 bits per heavy atom. The first-order valence-corrected chi connectivity index (χ1v) is 8.17. The van der Waals surface area contributed by atoms with Crippen LogP contribution < -0.4 is 15.0 Å². The lowest BCUT2D eigenvalue weighted by atomic mass is 10.3. The Labute approximate surface area is 146 Å². The summed E-state index contributed by atoms with van der Waals surface area (Å²) in [5, 5.41) is 2.69. The van der Waals surface area contributed by atoms with Gasteiger partial charge in [0.05, 0.1) is 6.61 Å². The first-order chi connectivity index (χ1) is 12.2. The van der Waals surface area contributed by atoms with Crippen LogP contribution in [0.25, 0.3) is 0 Å². The molecule has 0 bridgehead atoms. The normalized spacial score (nSPS) is 13.9. The number of carbonyl (C=O) groups excluding carboxylic acids is 2. The van der Waals surface area contributed by atoms with Crippen molar-refractivity contribution in [3.63, 3.8) is 0 Å². The van der Waals surface area contributed by atoms with Gasteiger partial charge in [-0.25, -0.2) is 9.78 Å². The lowest BCUT2D eigenvalue weighted by molar-refractivity contribution is -0.116. The molecule has 25 heavy (non-hydrogen) atoms. The standard InChI is InChI=1S/C18H20N4O3/c1-2-25-15-8-6-14(7-9-15)22-12-11-21(18(22)24)13-17(23)20-16-5-3-4-10-19-16/h3-10H,2,11-13H2,1H3,(H,19,20,23). The highest BCUT2D eigenvalue weighted by Crippen LogP contribution is 2.23. The van der Waals surface area contributed by atoms with Gasteiger partial charge in [0.2, 0.25) is 5.91 Å². The topological polar surface area (TPSA) is 74.8 Å². The first kappa shape index (κ1) is 16.8. The van der Waals surface area contributed by atoms with Crippen LogP contribution in [0.15, 0.2) is 48.7 Å². The molecule has 0 aliphatic carbocycles. The summed E-state index contributed by atoms with van der Waals surface area (Å²) in [5.41, 5.74) is 0.793. The van der Waals surface area contributed by atoms with Gasteiger partial charge >= 0.3 is 6.03 Å². The van der Waals surface area contributed by atoms with Gasteiger partial charge in [0.15, 0.2) is 0 Å². The predicted octanol–water partition coefficient (Wildman–Crippen LogP) is 2.36. The Morgan fingerprint density at radius 1 is 1.20 bits per heavy atom. The predicted molar refractivity (Wildman–Crippen MR) is 94.8 cm³/mol. The average molecular weight is 340 g/mol. The van der Waals surface area contributed by atoms with Crippen LogP contribution in [-0.4, -0.2) is 48.1 Å². The van der Waals surface area contributed by atoms with Crippen LogP contribution in [0.4, 0.5) is 16.3 Å². The Morgan fingerprint density at radius 2 is 2.00 bits per heavy atom. The minimum atomic E-state index is -0.263. The highest BCUT2D eigenvalue weighted by molar-refractivity contribution is 5.99. The second-order valence-electron chi connectivity index (χ2n) is 5.55. The number of pyridine rings is 1. The summed E-state index contributed by atoms with van der Waals surface area (Å²) in [4.78, 5) is 31.8. The van der Waals surface area contributed by atoms with E-state index < -0.39 is 0 Å². The number of hydrogen-bond acceptors (Lipinski definition) is 4. The molecule has 2 aromatic rings. The molecule has 1 N–H and O–H groups in total. The second kappa shape index (κ2) is 7.65. The summed E-state index contributed by atoms with van der Waals surface area (Å²) in [5.74, 6) is 0.979. The van der Waals surface area contributed by atoms with Crippen LogP contribution >= 0.6 is 0 Å². The molecule has 1 fully saturated rings. The summed E-state index contributed by atoms with van der Waals surface area (Å²) in [6.45, 7) is 3.57. The van der Waals surface area contributed by atoms with Gasteiger partial charge in [-0.2, -0.15) is 0 Å². The van der Waals surface area contributed by atoms with Crippen molar-refractivity contribution < 1.29 is 14.3 Å². The van der Waals surface area contributed by atoms with Gasteiger partial charge in [0, 0.05) is 25.0 Å². The molecule has 0 saturated carbocycles. The molecule has 3 rings (SSSR count). The summed E-state index contributed by atoms with van der Waals surface area (Å²) in [6.07, 6.45) is 1.60. The molecule has 7 nitrogen and oxygen atoms in total. The molecule has 7 heteroatoms. The molecule has 2 heterocycles. The van der Waals surface area contributed by atoms with Crippen LogP contribution in [0.3, 0.4) is 0 Å². The van der Waals surface area contributed by atoms with E-state index in [1.54, 1.807) is 29.3 Å². The number of urea groups is 1. The van der Waals surface area contributed by atoms with Gasteiger partial charge in [0.25, 0.3) is 0 Å². The highest BCUT2D eigenvalue weighted by Gasteiger charge is 2.30. The third kappa shape index (κ3) is 4.06. The fraction of sp³-hybridized carbons (Fsp3) is 0.278. The molecule has 1 aromatic carbocycles. The number of aromatic nitrogens is 1. The van der Waals surface area contributed by atoms with Crippen LogP contribution in [-0.2, 0) is 4.79 Å². The molecule has 130 valence electrons. The fourth-order valence-electron chi connectivity index (χ4n) is 2.65. The van der Waals surface area contributed by atoms with Crippen molar-refractivity contribution in [2.24, 2.45) is 0 Å². The number of nitrogens with one attached hydrogen (secondary N) is 1. The number of hydrogen-bond donors (Lipinski definition) is 1. The molecular weight excluding hydrogens is 320 g/mol. The Balaban J connectivity index is 1.58. The second-order valence-corrected chi connectivity index (χ2v) is 5.55. The van der Waals surface area contributed by atoms with Gasteiger partial charge in [-0.1, -0.05) is 6.07 Å². The number of ether oxygens (including phenoxy) is 1. The maximum Gasteiger partial charge on any atom is 0.325 e. The van der Waals surface area contributed by atoms with Gasteiger partial charge in [0.1, 0.15) is 18.1 Å². The van der Waals surface area contributed by atoms with E-state index in [1.165, 1.54) is 4.90 Å². The summed E-state index contributed by atoms with van der Waals surface area (Å²) < 4.78 is 5.41. The smallest absolute Gasteiger partial charge is 0.325 e. The van der Waals surface area contributed by atoms with Crippen LogP contribution in [0.5, 0.6) is 5.75 Å². The molecule has 0 radical (unpaired) electrons. The average Bonchev–Trinajstić information content (AvgIpc) is 2.97. The maximum absolute atomic E-state index is 12.5. The number of benzene rings is 1. The largest absolute Gasteiger partial charge is 0.494 e. The summed E-state index contributed by atoms with van der Waals surface area (Å²) in [7, 11) is 0. The van der Waals surface area contributed by atoms with Gasteiger partial charge in [-0.15, -0.1) is 0 Å². The zero-order chi connectivity index (χ0) is 17.6. The van der Waals surface area contributed by atoms with Crippen molar-refractivity contribution in [2.75, 3.05) is 36.5 Å². The minimum absolute atomic E-state index is 0.00291. The first-order valence-electron chi connectivity index (χ1n) is 8.17. The maximum atomic E-state index is 12.5. The number of anilines is 2. The van der Waals surface area contributed by atoms with Crippen molar-refractivity contribution in [2.45, 2.75) is 6.92 Å². The Kier molecular flexibility index (Phi) is 5.13. The van der Waals surface area contributed by atoms with Gasteiger partial charge in [-0.05, 0) is 43.3 Å². The van der Waals surface area contributed by atoms with E-state index in [0.29, 0.717) is 25.5 Å². The van der Waals surface area contributed by atoms with Gasteiger partial charge in [-0.3, -0.25) is 9.69 Å². The molecule has 3 amide bonds. The third-order valence-electron chi connectivity index (χ3n) is 3.82. The zero-order valence-corrected chi connectivity index (χ0v) is 14.0. The van der Waals surface area contributed by atoms with E-state index in [9.17, 15) is 9.59 Å². The molecule has 0 spiro atoms. The van der Waals surface area contributed by atoms with E-state index in [4.69, 9.17) is 4.74 Å². The van der Waals surface area contributed by atoms with Crippen molar-refractivity contribution in [1.29, 1.82) is 0 Å². The number of carbonyl (C=O) groups is 2. The molecule has 1 aliphatic rings. The Bertz CT molecular complexity index is 734. The monoisotopic (exact) mass is 340 g/mol. The number of nitrogens with zero attached hydrogens (tertiary/aromatic N) is 3. The molecule has 1 aromatic heterocycles. The van der Waals surface area contributed by atoms with Crippen LogP contribution in [0, 0.1) is 0 Å². The lowest BCUT2D eigenvalue weighted by Gasteiger charge is -2.18. The minimum Gasteiger partial charge on any atom is -0.494 e. The van der Waals surface area contributed by atoms with E-state index in [0.717, 1.165) is 11.4 Å². The Hall–Kier alpha value is -3.09. The molecule has 1 saturated heterocycles. The van der Waals surface area contributed by atoms with Crippen molar-refractivity contribution in [3.8, 4) is 5.75 Å².